The van der Waals surface area contributed by atoms with Crippen LogP contribution < -0.4 is 0 Å². The molecule has 1 aromatic rings. The molecule has 0 aliphatic heterocycles. The molecule has 0 radical (unpaired) electrons. The minimum absolute atomic E-state index is 0.501. The van der Waals surface area contributed by atoms with Crippen LogP contribution in [-0.2, 0) is 0 Å². The highest BCUT2D eigenvalue weighted by molar-refractivity contribution is 5.70. The molecule has 20 heavy (non-hydrogen) atoms. The molecule has 0 aliphatic carbocycles. The molecule has 0 nitrogen and oxygen atoms in total. The van der Waals surface area contributed by atoms with Crippen LogP contribution in [0.15, 0.2) is 48.6 Å². The van der Waals surface area contributed by atoms with E-state index >= 15 is 0 Å². The van der Waals surface area contributed by atoms with Crippen molar-refractivity contribution in [3.05, 3.63) is 59.7 Å². The van der Waals surface area contributed by atoms with Gasteiger partial charge in [-0.3, -0.25) is 0 Å². The highest BCUT2D eigenvalue weighted by Gasteiger charge is 2.20. The lowest BCUT2D eigenvalue weighted by atomic mass is 9.94. The maximum Gasteiger partial charge on any atom is 0.131 e. The molecule has 0 fully saturated rings. The Morgan fingerprint density at radius 1 is 1.20 bits per heavy atom. The predicted molar refractivity (Wildman–Crippen MR) is 86.9 cm³/mol. The van der Waals surface area contributed by atoms with Crippen LogP contribution in [0.1, 0.15) is 38.8 Å². The third kappa shape index (κ3) is 4.24. The molecule has 0 unspecified atom stereocenters. The first-order valence-electron chi connectivity index (χ1n) is 6.56. The van der Waals surface area contributed by atoms with Gasteiger partial charge in [0.1, 0.15) is 5.67 Å². The highest BCUT2D eigenvalue weighted by Crippen LogP contribution is 2.26. The van der Waals surface area contributed by atoms with Crippen LogP contribution in [0.4, 0.5) is 4.39 Å². The maximum atomic E-state index is 14.1. The standard InChI is InChI=1S/C19H21F/c1-7-8-18(19(5,6)20)13-15(4)17-11-9-16(10-12-17)14(2)3/h1,8-13H,2H2,3-6H3/b15-13+,18-8+. The first kappa shape index (κ1) is 16.0. The monoisotopic (exact) mass is 268 g/mol. The summed E-state index contributed by atoms with van der Waals surface area (Å²) in [5, 5.41) is 0. The third-order valence-corrected chi connectivity index (χ3v) is 3.13. The Morgan fingerprint density at radius 3 is 2.10 bits per heavy atom. The molecule has 0 aromatic heterocycles. The van der Waals surface area contributed by atoms with Gasteiger partial charge < -0.3 is 0 Å². The number of rotatable bonds is 4. The van der Waals surface area contributed by atoms with Crippen LogP contribution in [0.25, 0.3) is 11.1 Å². The van der Waals surface area contributed by atoms with Crippen LogP contribution in [0.3, 0.4) is 0 Å². The second kappa shape index (κ2) is 6.39. The van der Waals surface area contributed by atoms with Gasteiger partial charge in [0, 0.05) is 0 Å². The van der Waals surface area contributed by atoms with Crippen LogP contribution in [0, 0.1) is 12.3 Å². The summed E-state index contributed by atoms with van der Waals surface area (Å²) in [5.74, 6) is 2.40. The molecule has 0 atom stereocenters. The van der Waals surface area contributed by atoms with Gasteiger partial charge in [-0.05, 0) is 56.0 Å². The van der Waals surface area contributed by atoms with Crippen LogP contribution >= 0.6 is 0 Å². The second-order valence-electron chi connectivity index (χ2n) is 5.42. The predicted octanol–water partition coefficient (Wildman–Crippen LogP) is 5.43. The third-order valence-electron chi connectivity index (χ3n) is 3.13. The minimum Gasteiger partial charge on any atom is -0.239 e. The largest absolute Gasteiger partial charge is 0.239 e. The molecule has 1 rings (SSSR count). The first-order valence-corrected chi connectivity index (χ1v) is 6.56. The van der Waals surface area contributed by atoms with E-state index < -0.39 is 5.67 Å². The number of hydrogen-bond donors (Lipinski definition) is 0. The van der Waals surface area contributed by atoms with Crippen molar-refractivity contribution in [2.75, 3.05) is 0 Å². The van der Waals surface area contributed by atoms with Crippen molar-refractivity contribution in [3.8, 4) is 12.3 Å². The lowest BCUT2D eigenvalue weighted by Gasteiger charge is -2.16. The summed E-state index contributed by atoms with van der Waals surface area (Å²) < 4.78 is 14.1. The summed E-state index contributed by atoms with van der Waals surface area (Å²) in [4.78, 5) is 0. The fourth-order valence-corrected chi connectivity index (χ4v) is 1.81. The van der Waals surface area contributed by atoms with Crippen molar-refractivity contribution in [3.63, 3.8) is 0 Å². The molecule has 1 heteroatoms. The van der Waals surface area contributed by atoms with Crippen molar-refractivity contribution in [2.24, 2.45) is 0 Å². The van der Waals surface area contributed by atoms with Gasteiger partial charge in [0.25, 0.3) is 0 Å². The lowest BCUT2D eigenvalue weighted by molar-refractivity contribution is 0.274. The highest BCUT2D eigenvalue weighted by atomic mass is 19.1. The molecule has 0 saturated carbocycles. The topological polar surface area (TPSA) is 0 Å². The van der Waals surface area contributed by atoms with Gasteiger partial charge in [-0.2, -0.15) is 0 Å². The Labute approximate surface area is 121 Å². The zero-order valence-electron chi connectivity index (χ0n) is 12.6. The molecule has 0 heterocycles. The van der Waals surface area contributed by atoms with E-state index in [9.17, 15) is 4.39 Å². The number of terminal acetylenes is 1. The summed E-state index contributed by atoms with van der Waals surface area (Å²) in [6, 6.07) is 8.05. The van der Waals surface area contributed by atoms with Gasteiger partial charge in [-0.1, -0.05) is 48.4 Å². The zero-order valence-corrected chi connectivity index (χ0v) is 12.6. The van der Waals surface area contributed by atoms with Gasteiger partial charge in [-0.15, -0.1) is 6.42 Å². The van der Waals surface area contributed by atoms with Crippen LogP contribution in [-0.4, -0.2) is 5.67 Å². The van der Waals surface area contributed by atoms with E-state index in [1.165, 1.54) is 19.9 Å². The van der Waals surface area contributed by atoms with E-state index in [0.717, 1.165) is 22.3 Å². The van der Waals surface area contributed by atoms with Crippen molar-refractivity contribution in [2.45, 2.75) is 33.4 Å². The average Bonchev–Trinajstić information content (AvgIpc) is 2.37. The summed E-state index contributed by atoms with van der Waals surface area (Å²) in [7, 11) is 0. The van der Waals surface area contributed by atoms with Gasteiger partial charge in [-0.25, -0.2) is 4.39 Å². The zero-order chi connectivity index (χ0) is 15.3. The van der Waals surface area contributed by atoms with Crippen molar-refractivity contribution in [1.29, 1.82) is 0 Å². The maximum absolute atomic E-state index is 14.1. The Bertz CT molecular complexity index is 584. The molecule has 0 saturated heterocycles. The number of halogens is 1. The molecular weight excluding hydrogens is 247 g/mol. The summed E-state index contributed by atoms with van der Waals surface area (Å²) in [6.07, 6.45) is 8.54. The molecule has 0 N–H and O–H groups in total. The number of hydrogen-bond acceptors (Lipinski definition) is 0. The number of allylic oxidation sites excluding steroid dienone is 5. The molecule has 104 valence electrons. The fourth-order valence-electron chi connectivity index (χ4n) is 1.81. The SMILES string of the molecule is C#C/C=C(\C=C(/C)c1ccc(C(=C)C)cc1)C(C)(C)F. The molecule has 0 aliphatic rings. The van der Waals surface area contributed by atoms with E-state index in [1.54, 1.807) is 6.08 Å². The Kier molecular flexibility index (Phi) is 5.11. The second-order valence-corrected chi connectivity index (χ2v) is 5.42. The van der Waals surface area contributed by atoms with Gasteiger partial charge >= 0.3 is 0 Å². The Morgan fingerprint density at radius 2 is 1.70 bits per heavy atom. The Balaban J connectivity index is 3.13. The van der Waals surface area contributed by atoms with Crippen molar-refractivity contribution >= 4 is 11.1 Å². The first-order chi connectivity index (χ1) is 9.25. The fraction of sp³-hybridized carbons (Fsp3) is 0.263. The van der Waals surface area contributed by atoms with E-state index in [-0.39, 0.29) is 0 Å². The smallest absolute Gasteiger partial charge is 0.131 e. The van der Waals surface area contributed by atoms with Gasteiger partial charge in [0.05, 0.1) is 0 Å². The average molecular weight is 268 g/mol. The summed E-state index contributed by atoms with van der Waals surface area (Å²) >= 11 is 0. The molecule has 1 aromatic carbocycles. The molecule has 0 spiro atoms. The summed E-state index contributed by atoms with van der Waals surface area (Å²) in [6.45, 7) is 10.8. The minimum atomic E-state index is -1.45. The molecule has 0 amide bonds. The van der Waals surface area contributed by atoms with Crippen molar-refractivity contribution < 1.29 is 4.39 Å². The van der Waals surface area contributed by atoms with Gasteiger partial charge in [0.15, 0.2) is 0 Å². The van der Waals surface area contributed by atoms with Crippen LogP contribution in [0.5, 0.6) is 0 Å². The number of benzene rings is 1. The lowest BCUT2D eigenvalue weighted by Crippen LogP contribution is -2.14. The van der Waals surface area contributed by atoms with Crippen LogP contribution in [0.2, 0.25) is 0 Å². The van der Waals surface area contributed by atoms with Crippen molar-refractivity contribution in [1.82, 2.24) is 0 Å². The normalized spacial score (nSPS) is 13.0. The molecular formula is C19H21F. The van der Waals surface area contributed by atoms with E-state index in [2.05, 4.69) is 12.5 Å². The van der Waals surface area contributed by atoms with E-state index in [1.807, 2.05) is 38.1 Å². The van der Waals surface area contributed by atoms with E-state index in [4.69, 9.17) is 6.42 Å². The Hall–Kier alpha value is -2.07. The quantitative estimate of drug-likeness (QED) is 0.504. The van der Waals surface area contributed by atoms with Gasteiger partial charge in [0.2, 0.25) is 0 Å². The summed E-state index contributed by atoms with van der Waals surface area (Å²) in [5.41, 5.74) is 3.20. The molecule has 0 bridgehead atoms. The van der Waals surface area contributed by atoms with E-state index in [0.29, 0.717) is 5.57 Å². The number of alkyl halides is 1.